The van der Waals surface area contributed by atoms with Crippen LogP contribution in [0.3, 0.4) is 0 Å². The molecule has 0 amide bonds. The smallest absolute Gasteiger partial charge is 0.152 e. The molecular formula is C12H11ClFN5. The first-order valence-electron chi connectivity index (χ1n) is 5.72. The minimum atomic E-state index is -0.298. The maximum atomic E-state index is 13.4. The van der Waals surface area contributed by atoms with Crippen molar-refractivity contribution in [3.8, 4) is 0 Å². The number of benzene rings is 1. The first-order chi connectivity index (χ1) is 9.19. The number of nitrogens with zero attached hydrogens (tertiary/aromatic N) is 5. The first kappa shape index (κ1) is 12.1. The van der Waals surface area contributed by atoms with Gasteiger partial charge in [-0.1, -0.05) is 0 Å². The summed E-state index contributed by atoms with van der Waals surface area (Å²) in [5, 5.41) is 7.85. The number of fused-ring (bicyclic) bond motifs is 1. The van der Waals surface area contributed by atoms with Gasteiger partial charge in [-0.3, -0.25) is 0 Å². The van der Waals surface area contributed by atoms with E-state index in [0.717, 1.165) is 11.3 Å². The summed E-state index contributed by atoms with van der Waals surface area (Å²) in [5.41, 5.74) is 1.43. The molecular weight excluding hydrogens is 269 g/mol. The van der Waals surface area contributed by atoms with Crippen LogP contribution >= 0.6 is 11.6 Å². The largest absolute Gasteiger partial charge is 0.319 e. The summed E-state index contributed by atoms with van der Waals surface area (Å²) in [5.74, 6) is 1.40. The molecule has 0 aliphatic heterocycles. The fourth-order valence-electron chi connectivity index (χ4n) is 2.02. The van der Waals surface area contributed by atoms with Crippen molar-refractivity contribution in [2.45, 2.75) is 12.4 Å². The molecule has 5 nitrogen and oxygen atoms in total. The maximum absolute atomic E-state index is 13.4. The Morgan fingerprint density at radius 2 is 2.16 bits per heavy atom. The van der Waals surface area contributed by atoms with E-state index in [0.29, 0.717) is 17.9 Å². The Morgan fingerprint density at radius 3 is 2.84 bits per heavy atom. The summed E-state index contributed by atoms with van der Waals surface area (Å²) in [6.07, 6.45) is 1.62. The fourth-order valence-corrected chi connectivity index (χ4v) is 2.22. The second kappa shape index (κ2) is 4.62. The van der Waals surface area contributed by atoms with Gasteiger partial charge >= 0.3 is 0 Å². The summed E-state index contributed by atoms with van der Waals surface area (Å²) in [6, 6.07) is 4.49. The van der Waals surface area contributed by atoms with Crippen LogP contribution in [0, 0.1) is 5.82 Å². The average molecular weight is 280 g/mol. The number of hydrogen-bond donors (Lipinski definition) is 0. The van der Waals surface area contributed by atoms with Gasteiger partial charge in [-0.2, -0.15) is 0 Å². The lowest BCUT2D eigenvalue weighted by Gasteiger charge is -2.06. The molecule has 0 aliphatic carbocycles. The first-order valence-corrected chi connectivity index (χ1v) is 6.26. The quantitative estimate of drug-likeness (QED) is 0.690. The zero-order chi connectivity index (χ0) is 13.4. The number of rotatable bonds is 3. The molecule has 0 fully saturated rings. The zero-order valence-electron chi connectivity index (χ0n) is 10.2. The van der Waals surface area contributed by atoms with Gasteiger partial charge in [-0.05, 0) is 18.2 Å². The lowest BCUT2D eigenvalue weighted by atomic mass is 10.3. The van der Waals surface area contributed by atoms with Crippen LogP contribution in [0.1, 0.15) is 11.6 Å². The Balaban J connectivity index is 2.15. The molecule has 0 atom stereocenters. The Bertz CT molecular complexity index is 733. The highest BCUT2D eigenvalue weighted by Crippen LogP contribution is 2.19. The van der Waals surface area contributed by atoms with Crippen molar-refractivity contribution in [2.75, 3.05) is 0 Å². The second-order valence-corrected chi connectivity index (χ2v) is 4.51. The molecule has 0 bridgehead atoms. The van der Waals surface area contributed by atoms with Crippen LogP contribution in [0.15, 0.2) is 24.5 Å². The highest BCUT2D eigenvalue weighted by Gasteiger charge is 2.13. The standard InChI is InChI=1S/C12H11ClFN5/c1-18-7-15-17-12(18)6-19-10-4-8(14)2-3-9(10)16-11(19)5-13/h2-4,7H,5-6H2,1H3. The van der Waals surface area contributed by atoms with Crippen LogP contribution in [0.4, 0.5) is 4.39 Å². The molecule has 3 aromatic rings. The summed E-state index contributed by atoms with van der Waals surface area (Å²) < 4.78 is 17.0. The van der Waals surface area contributed by atoms with Crippen LogP contribution in [0.25, 0.3) is 11.0 Å². The minimum Gasteiger partial charge on any atom is -0.319 e. The Morgan fingerprint density at radius 1 is 1.32 bits per heavy atom. The van der Waals surface area contributed by atoms with Gasteiger partial charge in [0.1, 0.15) is 18.0 Å². The molecule has 0 aliphatic rings. The monoisotopic (exact) mass is 279 g/mol. The zero-order valence-corrected chi connectivity index (χ0v) is 11.0. The van der Waals surface area contributed by atoms with Gasteiger partial charge in [0.05, 0.1) is 23.5 Å². The number of hydrogen-bond acceptors (Lipinski definition) is 3. The molecule has 3 rings (SSSR count). The molecule has 98 valence electrons. The topological polar surface area (TPSA) is 48.5 Å². The van der Waals surface area contributed by atoms with E-state index in [4.69, 9.17) is 11.6 Å². The summed E-state index contributed by atoms with van der Waals surface area (Å²) in [4.78, 5) is 4.39. The fraction of sp³-hybridized carbons (Fsp3) is 0.250. The highest BCUT2D eigenvalue weighted by atomic mass is 35.5. The van der Waals surface area contributed by atoms with Gasteiger partial charge < -0.3 is 9.13 Å². The molecule has 0 spiro atoms. The molecule has 0 radical (unpaired) electrons. The third-order valence-electron chi connectivity index (χ3n) is 3.01. The van der Waals surface area contributed by atoms with E-state index >= 15 is 0 Å². The lowest BCUT2D eigenvalue weighted by molar-refractivity contribution is 0.627. The second-order valence-electron chi connectivity index (χ2n) is 4.24. The number of aromatic nitrogens is 5. The minimum absolute atomic E-state index is 0.258. The molecule has 0 saturated heterocycles. The van der Waals surface area contributed by atoms with Gasteiger partial charge in [-0.15, -0.1) is 21.8 Å². The number of imidazole rings is 1. The van der Waals surface area contributed by atoms with Crippen molar-refractivity contribution in [3.05, 3.63) is 42.0 Å². The summed E-state index contributed by atoms with van der Waals surface area (Å²) in [7, 11) is 1.86. The van der Waals surface area contributed by atoms with E-state index < -0.39 is 0 Å². The van der Waals surface area contributed by atoms with E-state index in [9.17, 15) is 4.39 Å². The number of aryl methyl sites for hydroxylation is 1. The van der Waals surface area contributed by atoms with Crippen LogP contribution in [-0.2, 0) is 19.5 Å². The van der Waals surface area contributed by atoms with Crippen molar-refractivity contribution in [1.82, 2.24) is 24.3 Å². The number of halogens is 2. The molecule has 7 heteroatoms. The van der Waals surface area contributed by atoms with E-state index in [1.54, 1.807) is 12.4 Å². The van der Waals surface area contributed by atoms with Crippen LogP contribution in [-0.4, -0.2) is 24.3 Å². The Hall–Kier alpha value is -1.95. The van der Waals surface area contributed by atoms with Gasteiger partial charge in [-0.25, -0.2) is 9.37 Å². The predicted molar refractivity (Wildman–Crippen MR) is 69.4 cm³/mol. The molecule has 0 unspecified atom stereocenters. The third kappa shape index (κ3) is 2.08. The highest BCUT2D eigenvalue weighted by molar-refractivity contribution is 6.16. The SMILES string of the molecule is Cn1cnnc1Cn1c(CCl)nc2ccc(F)cc21. The van der Waals surface area contributed by atoms with E-state index in [1.807, 2.05) is 16.2 Å². The number of alkyl halides is 1. The van der Waals surface area contributed by atoms with Gasteiger partial charge in [0.25, 0.3) is 0 Å². The van der Waals surface area contributed by atoms with Crippen LogP contribution in [0.2, 0.25) is 0 Å². The summed E-state index contributed by atoms with van der Waals surface area (Å²) >= 11 is 5.90. The van der Waals surface area contributed by atoms with Crippen molar-refractivity contribution in [1.29, 1.82) is 0 Å². The normalized spacial score (nSPS) is 11.3. The Kier molecular flexibility index (Phi) is 2.94. The average Bonchev–Trinajstić information content (AvgIpc) is 2.95. The molecule has 2 heterocycles. The maximum Gasteiger partial charge on any atom is 0.152 e. The van der Waals surface area contributed by atoms with Gasteiger partial charge in [0.2, 0.25) is 0 Å². The molecule has 0 N–H and O–H groups in total. The van der Waals surface area contributed by atoms with Crippen molar-refractivity contribution < 1.29 is 4.39 Å². The molecule has 2 aromatic heterocycles. The van der Waals surface area contributed by atoms with Crippen LogP contribution < -0.4 is 0 Å². The molecule has 19 heavy (non-hydrogen) atoms. The molecule has 0 saturated carbocycles. The van der Waals surface area contributed by atoms with Crippen molar-refractivity contribution in [3.63, 3.8) is 0 Å². The Labute approximate surface area is 113 Å². The third-order valence-corrected chi connectivity index (χ3v) is 3.25. The molecule has 1 aromatic carbocycles. The predicted octanol–water partition coefficient (Wildman–Crippen LogP) is 2.09. The van der Waals surface area contributed by atoms with Gasteiger partial charge in [0.15, 0.2) is 5.82 Å². The van der Waals surface area contributed by atoms with E-state index in [2.05, 4.69) is 15.2 Å². The lowest BCUT2D eigenvalue weighted by Crippen LogP contribution is -2.08. The summed E-state index contributed by atoms with van der Waals surface area (Å²) in [6.45, 7) is 0.457. The van der Waals surface area contributed by atoms with E-state index in [-0.39, 0.29) is 11.7 Å². The van der Waals surface area contributed by atoms with Crippen molar-refractivity contribution in [2.24, 2.45) is 7.05 Å². The van der Waals surface area contributed by atoms with Gasteiger partial charge in [0, 0.05) is 7.05 Å². The van der Waals surface area contributed by atoms with E-state index in [1.165, 1.54) is 12.1 Å². The van der Waals surface area contributed by atoms with Crippen molar-refractivity contribution >= 4 is 22.6 Å². The van der Waals surface area contributed by atoms with Crippen LogP contribution in [0.5, 0.6) is 0 Å².